The van der Waals surface area contributed by atoms with Crippen molar-refractivity contribution < 1.29 is 18.0 Å². The molecule has 186 valence electrons. The number of benzene rings is 2. The lowest BCUT2D eigenvalue weighted by Gasteiger charge is -2.25. The Balaban J connectivity index is 0.00000342. The van der Waals surface area contributed by atoms with E-state index in [1.165, 1.54) is 47.0 Å². The summed E-state index contributed by atoms with van der Waals surface area (Å²) in [5, 5.41) is 3.24. The van der Waals surface area contributed by atoms with Gasteiger partial charge in [-0.25, -0.2) is 8.42 Å². The number of sulfonamides is 1. The molecule has 35 heavy (non-hydrogen) atoms. The minimum Gasteiger partial charge on any atom is -0.365 e. The van der Waals surface area contributed by atoms with Crippen LogP contribution in [0.15, 0.2) is 59.5 Å². The standard InChI is InChI=1S/C24H26N4O4S2.ClH/c1-3-28-14-13-19-20(15-28)33-24(21(19)22(25)29)26-23(30)16-9-11-18(12-10-16)34(31,32)27(2)17-7-5-4-6-8-17;/h4-12H,3,13-15H2,1-2H3,(H2,25,29)(H,26,30);1H. The SMILES string of the molecule is CCN1CCc2c(sc(NC(=O)c3ccc(S(=O)(=O)N(C)c4ccccc4)cc3)c2C(N)=O)C1.Cl. The predicted octanol–water partition coefficient (Wildman–Crippen LogP) is 3.72. The number of amides is 2. The molecule has 0 saturated carbocycles. The molecule has 0 radical (unpaired) electrons. The van der Waals surface area contributed by atoms with Crippen molar-refractivity contribution in [3.05, 3.63) is 76.2 Å². The number of primary amides is 1. The molecular weight excluding hydrogens is 508 g/mol. The van der Waals surface area contributed by atoms with Gasteiger partial charge in [0.1, 0.15) is 5.00 Å². The second-order valence-electron chi connectivity index (χ2n) is 7.98. The zero-order valence-electron chi connectivity index (χ0n) is 19.4. The number of thiophene rings is 1. The number of anilines is 2. The van der Waals surface area contributed by atoms with Crippen molar-refractivity contribution in [3.8, 4) is 0 Å². The molecule has 11 heteroatoms. The van der Waals surface area contributed by atoms with Gasteiger partial charge in [0.15, 0.2) is 0 Å². The van der Waals surface area contributed by atoms with Crippen molar-refractivity contribution in [2.45, 2.75) is 24.8 Å². The minimum absolute atomic E-state index is 0. The number of carbonyl (C=O) groups excluding carboxylic acids is 2. The van der Waals surface area contributed by atoms with Crippen molar-refractivity contribution >= 4 is 56.3 Å². The number of nitrogens with one attached hydrogen (secondary N) is 1. The Hall–Kier alpha value is -2.92. The minimum atomic E-state index is -3.78. The Kier molecular flexibility index (Phi) is 8.22. The van der Waals surface area contributed by atoms with Gasteiger partial charge in [0.2, 0.25) is 0 Å². The van der Waals surface area contributed by atoms with E-state index < -0.39 is 21.8 Å². The molecule has 1 aliphatic rings. The Morgan fingerprint density at radius 3 is 2.37 bits per heavy atom. The van der Waals surface area contributed by atoms with E-state index in [0.29, 0.717) is 29.2 Å². The van der Waals surface area contributed by atoms with Crippen LogP contribution >= 0.6 is 23.7 Å². The van der Waals surface area contributed by atoms with Crippen LogP contribution in [-0.2, 0) is 23.0 Å². The molecule has 3 N–H and O–H groups in total. The Labute approximate surface area is 215 Å². The fourth-order valence-electron chi connectivity index (χ4n) is 3.96. The van der Waals surface area contributed by atoms with Crippen molar-refractivity contribution in [3.63, 3.8) is 0 Å². The highest BCUT2D eigenvalue weighted by atomic mass is 35.5. The lowest BCUT2D eigenvalue weighted by atomic mass is 10.0. The van der Waals surface area contributed by atoms with Crippen LogP contribution in [0.3, 0.4) is 0 Å². The highest BCUT2D eigenvalue weighted by Crippen LogP contribution is 2.37. The van der Waals surface area contributed by atoms with Gasteiger partial charge >= 0.3 is 0 Å². The molecule has 0 unspecified atom stereocenters. The second-order valence-corrected chi connectivity index (χ2v) is 11.1. The molecule has 2 amide bonds. The van der Waals surface area contributed by atoms with Crippen LogP contribution in [0.5, 0.6) is 0 Å². The van der Waals surface area contributed by atoms with Crippen molar-refractivity contribution in [1.29, 1.82) is 0 Å². The maximum Gasteiger partial charge on any atom is 0.264 e. The number of para-hydroxylation sites is 1. The van der Waals surface area contributed by atoms with Gasteiger partial charge in [-0.15, -0.1) is 23.7 Å². The van der Waals surface area contributed by atoms with Crippen molar-refractivity contribution in [2.75, 3.05) is 29.8 Å². The van der Waals surface area contributed by atoms with Crippen LogP contribution in [0.4, 0.5) is 10.7 Å². The van der Waals surface area contributed by atoms with Gasteiger partial charge in [-0.2, -0.15) is 0 Å². The van der Waals surface area contributed by atoms with Crippen LogP contribution in [0.2, 0.25) is 0 Å². The van der Waals surface area contributed by atoms with Gasteiger partial charge in [-0.3, -0.25) is 18.8 Å². The summed E-state index contributed by atoms with van der Waals surface area (Å²) in [7, 11) is -2.30. The quantitative estimate of drug-likeness (QED) is 0.479. The van der Waals surface area contributed by atoms with E-state index in [1.54, 1.807) is 24.3 Å². The molecule has 2 heterocycles. The third-order valence-electron chi connectivity index (χ3n) is 5.95. The Morgan fingerprint density at radius 2 is 1.77 bits per heavy atom. The number of nitrogens with zero attached hydrogens (tertiary/aromatic N) is 2. The average Bonchev–Trinajstić information content (AvgIpc) is 3.21. The fraction of sp³-hybridized carbons (Fsp3) is 0.250. The zero-order valence-corrected chi connectivity index (χ0v) is 21.8. The highest BCUT2D eigenvalue weighted by Gasteiger charge is 2.28. The van der Waals surface area contributed by atoms with Crippen LogP contribution in [-0.4, -0.2) is 45.3 Å². The Morgan fingerprint density at radius 1 is 1.11 bits per heavy atom. The van der Waals surface area contributed by atoms with E-state index in [1.807, 2.05) is 6.07 Å². The van der Waals surface area contributed by atoms with Gasteiger partial charge in [0, 0.05) is 30.6 Å². The van der Waals surface area contributed by atoms with Gasteiger partial charge in [-0.1, -0.05) is 25.1 Å². The first-order valence-corrected chi connectivity index (χ1v) is 13.1. The first-order valence-electron chi connectivity index (χ1n) is 10.8. The van der Waals surface area contributed by atoms with E-state index in [9.17, 15) is 18.0 Å². The number of halogens is 1. The molecule has 0 spiro atoms. The monoisotopic (exact) mass is 534 g/mol. The molecule has 4 rings (SSSR count). The highest BCUT2D eigenvalue weighted by molar-refractivity contribution is 7.92. The summed E-state index contributed by atoms with van der Waals surface area (Å²) in [6, 6.07) is 14.5. The third kappa shape index (κ3) is 5.35. The van der Waals surface area contributed by atoms with Gasteiger partial charge in [-0.05, 0) is 54.9 Å². The molecule has 3 aromatic rings. The van der Waals surface area contributed by atoms with E-state index in [0.717, 1.165) is 23.5 Å². The van der Waals surface area contributed by atoms with E-state index in [2.05, 4.69) is 17.1 Å². The molecule has 0 bridgehead atoms. The fourth-order valence-corrected chi connectivity index (χ4v) is 6.45. The third-order valence-corrected chi connectivity index (χ3v) is 8.88. The van der Waals surface area contributed by atoms with E-state index in [-0.39, 0.29) is 22.9 Å². The number of rotatable bonds is 7. The smallest absolute Gasteiger partial charge is 0.264 e. The van der Waals surface area contributed by atoms with E-state index >= 15 is 0 Å². The Bertz CT molecular complexity index is 1330. The van der Waals surface area contributed by atoms with Gasteiger partial charge in [0.25, 0.3) is 21.8 Å². The number of carbonyl (C=O) groups is 2. The van der Waals surface area contributed by atoms with Crippen LogP contribution in [0.1, 0.15) is 38.1 Å². The molecule has 0 saturated heterocycles. The molecule has 1 aliphatic heterocycles. The number of fused-ring (bicyclic) bond motifs is 1. The van der Waals surface area contributed by atoms with E-state index in [4.69, 9.17) is 5.73 Å². The largest absolute Gasteiger partial charge is 0.365 e. The number of hydrogen-bond donors (Lipinski definition) is 2. The lowest BCUT2D eigenvalue weighted by molar-refractivity contribution is 0.1000. The second kappa shape index (κ2) is 10.8. The number of nitrogens with two attached hydrogens (primary N) is 1. The number of hydrogen-bond acceptors (Lipinski definition) is 6. The van der Waals surface area contributed by atoms with Gasteiger partial charge in [0.05, 0.1) is 16.1 Å². The average molecular weight is 535 g/mol. The van der Waals surface area contributed by atoms with Gasteiger partial charge < -0.3 is 11.1 Å². The summed E-state index contributed by atoms with van der Waals surface area (Å²) in [4.78, 5) is 28.4. The summed E-state index contributed by atoms with van der Waals surface area (Å²) in [5.41, 5.74) is 7.72. The summed E-state index contributed by atoms with van der Waals surface area (Å²) in [6.45, 7) is 4.53. The summed E-state index contributed by atoms with van der Waals surface area (Å²) < 4.78 is 27.1. The van der Waals surface area contributed by atoms with Crippen LogP contribution in [0, 0.1) is 0 Å². The lowest BCUT2D eigenvalue weighted by Crippen LogP contribution is -2.30. The predicted molar refractivity (Wildman–Crippen MR) is 141 cm³/mol. The molecule has 0 atom stereocenters. The first-order chi connectivity index (χ1) is 16.2. The summed E-state index contributed by atoms with van der Waals surface area (Å²) >= 11 is 1.36. The molecule has 8 nitrogen and oxygen atoms in total. The molecule has 1 aromatic heterocycles. The molecule has 2 aromatic carbocycles. The van der Waals surface area contributed by atoms with Crippen molar-refractivity contribution in [2.24, 2.45) is 5.73 Å². The molecule has 0 fully saturated rings. The normalized spacial score (nSPS) is 13.4. The molecule has 0 aliphatic carbocycles. The molecular formula is C24H27ClN4O4S2. The van der Waals surface area contributed by atoms with Crippen LogP contribution < -0.4 is 15.4 Å². The van der Waals surface area contributed by atoms with Crippen molar-refractivity contribution in [1.82, 2.24) is 4.90 Å². The number of likely N-dealkylation sites (N-methyl/N-ethyl adjacent to an activating group) is 1. The van der Waals surface area contributed by atoms with Crippen LogP contribution in [0.25, 0.3) is 0 Å². The maximum absolute atomic E-state index is 13.0. The summed E-state index contributed by atoms with van der Waals surface area (Å²) in [6.07, 6.45) is 0.704. The first kappa shape index (κ1) is 26.7. The zero-order chi connectivity index (χ0) is 24.5. The maximum atomic E-state index is 13.0. The summed E-state index contributed by atoms with van der Waals surface area (Å²) in [5.74, 6) is -1.00. The topological polar surface area (TPSA) is 113 Å².